The van der Waals surface area contributed by atoms with E-state index >= 15 is 0 Å². The first kappa shape index (κ1) is 10.4. The summed E-state index contributed by atoms with van der Waals surface area (Å²) in [5.41, 5.74) is 0.305. The lowest BCUT2D eigenvalue weighted by molar-refractivity contribution is 0.533. The van der Waals surface area contributed by atoms with Gasteiger partial charge in [0.15, 0.2) is 0 Å². The molecular weight excluding hydrogens is 222 g/mol. The molecule has 1 aromatic carbocycles. The molecule has 0 N–H and O–H groups in total. The lowest BCUT2D eigenvalue weighted by atomic mass is 10.2. The van der Waals surface area contributed by atoms with Gasteiger partial charge in [0.05, 0.1) is 0 Å². The molecule has 0 radical (unpaired) electrons. The third-order valence-corrected chi connectivity index (χ3v) is 2.72. The third kappa shape index (κ3) is 2.16. The van der Waals surface area contributed by atoms with Gasteiger partial charge in [0.1, 0.15) is 10.7 Å². The van der Waals surface area contributed by atoms with Gasteiger partial charge in [-0.2, -0.15) is 8.42 Å². The Morgan fingerprint density at radius 2 is 1.92 bits per heavy atom. The van der Waals surface area contributed by atoms with Crippen molar-refractivity contribution in [3.8, 4) is 0 Å². The van der Waals surface area contributed by atoms with Crippen LogP contribution in [0.3, 0.4) is 0 Å². The van der Waals surface area contributed by atoms with E-state index in [1.54, 1.807) is 0 Å². The van der Waals surface area contributed by atoms with Crippen LogP contribution in [0.25, 0.3) is 0 Å². The summed E-state index contributed by atoms with van der Waals surface area (Å²) in [5, 5.41) is 0.0601. The molecule has 0 saturated carbocycles. The molecule has 0 unspecified atom stereocenters. The van der Waals surface area contributed by atoms with E-state index in [-0.39, 0.29) is 5.02 Å². The van der Waals surface area contributed by atoms with Crippen LogP contribution in [-0.2, 0) is 10.2 Å². The van der Waals surface area contributed by atoms with Crippen LogP contribution in [0.4, 0.5) is 8.28 Å². The van der Waals surface area contributed by atoms with Crippen molar-refractivity contribution in [3.05, 3.63) is 28.5 Å². The molecule has 0 saturated heterocycles. The second-order valence-corrected chi connectivity index (χ2v) is 4.19. The highest BCUT2D eigenvalue weighted by atomic mass is 35.5. The molecule has 0 spiro atoms. The molecule has 0 atom stereocenters. The van der Waals surface area contributed by atoms with Gasteiger partial charge in [-0.25, -0.2) is 4.39 Å². The molecule has 1 aromatic rings. The molecule has 0 aromatic heterocycles. The van der Waals surface area contributed by atoms with Crippen LogP contribution in [0.5, 0.6) is 0 Å². The monoisotopic (exact) mass is 226 g/mol. The van der Waals surface area contributed by atoms with E-state index in [2.05, 4.69) is 0 Å². The van der Waals surface area contributed by atoms with E-state index in [1.165, 1.54) is 6.92 Å². The fraction of sp³-hybridized carbons (Fsp3) is 0.143. The first-order valence-corrected chi connectivity index (χ1v) is 4.99. The molecule has 1 rings (SSSR count). The Labute approximate surface area is 79.4 Å². The SMILES string of the molecule is Cc1cc(S(=O)(=O)F)c(F)cc1Cl. The zero-order valence-corrected chi connectivity index (χ0v) is 8.09. The van der Waals surface area contributed by atoms with Gasteiger partial charge in [0.25, 0.3) is 0 Å². The van der Waals surface area contributed by atoms with Gasteiger partial charge in [-0.05, 0) is 24.6 Å². The molecule has 13 heavy (non-hydrogen) atoms. The molecular formula is C7H5ClF2O2S. The number of rotatable bonds is 1. The highest BCUT2D eigenvalue weighted by Gasteiger charge is 2.18. The summed E-state index contributed by atoms with van der Waals surface area (Å²) >= 11 is 5.48. The van der Waals surface area contributed by atoms with Crippen molar-refractivity contribution in [1.82, 2.24) is 0 Å². The topological polar surface area (TPSA) is 34.1 Å². The minimum absolute atomic E-state index is 0.0601. The minimum Gasteiger partial charge on any atom is -0.205 e. The van der Waals surface area contributed by atoms with Gasteiger partial charge in [-0.15, -0.1) is 3.89 Å². The van der Waals surface area contributed by atoms with Crippen LogP contribution >= 0.6 is 11.6 Å². The first-order valence-electron chi connectivity index (χ1n) is 3.22. The Kier molecular flexibility index (Phi) is 2.58. The Hall–Kier alpha value is -0.680. The number of aryl methyl sites for hydroxylation is 1. The minimum atomic E-state index is -5.01. The maximum absolute atomic E-state index is 12.8. The Balaban J connectivity index is 3.50. The van der Waals surface area contributed by atoms with Gasteiger partial charge >= 0.3 is 10.2 Å². The molecule has 0 heterocycles. The van der Waals surface area contributed by atoms with Gasteiger partial charge in [0, 0.05) is 5.02 Å². The van der Waals surface area contributed by atoms with Crippen LogP contribution in [0.1, 0.15) is 5.56 Å². The summed E-state index contributed by atoms with van der Waals surface area (Å²) in [7, 11) is -5.01. The normalized spacial score (nSPS) is 11.7. The predicted octanol–water partition coefficient (Wildman–Crippen LogP) is 2.45. The van der Waals surface area contributed by atoms with Crippen LogP contribution in [0.15, 0.2) is 17.0 Å². The summed E-state index contributed by atoms with van der Waals surface area (Å²) in [5.74, 6) is -1.18. The van der Waals surface area contributed by atoms with Crippen LogP contribution in [-0.4, -0.2) is 8.42 Å². The van der Waals surface area contributed by atoms with E-state index in [0.29, 0.717) is 5.56 Å². The number of hydrogen-bond acceptors (Lipinski definition) is 2. The molecule has 2 nitrogen and oxygen atoms in total. The lowest BCUT2D eigenvalue weighted by Gasteiger charge is -2.01. The summed E-state index contributed by atoms with van der Waals surface area (Å²) in [4.78, 5) is -0.977. The van der Waals surface area contributed by atoms with Crippen molar-refractivity contribution in [2.45, 2.75) is 11.8 Å². The molecule has 0 aliphatic carbocycles. The van der Waals surface area contributed by atoms with Gasteiger partial charge < -0.3 is 0 Å². The van der Waals surface area contributed by atoms with E-state index in [9.17, 15) is 16.7 Å². The van der Waals surface area contributed by atoms with Gasteiger partial charge in [-0.3, -0.25) is 0 Å². The van der Waals surface area contributed by atoms with Gasteiger partial charge in [0.2, 0.25) is 0 Å². The van der Waals surface area contributed by atoms with Crippen LogP contribution < -0.4 is 0 Å². The molecule has 0 aliphatic rings. The van der Waals surface area contributed by atoms with E-state index in [0.717, 1.165) is 12.1 Å². The molecule has 6 heteroatoms. The van der Waals surface area contributed by atoms with Crippen molar-refractivity contribution in [1.29, 1.82) is 0 Å². The fourth-order valence-corrected chi connectivity index (χ4v) is 1.58. The highest BCUT2D eigenvalue weighted by molar-refractivity contribution is 7.86. The number of halogens is 3. The maximum Gasteiger partial charge on any atom is 0.335 e. The average Bonchev–Trinajstić information content (AvgIpc) is 1.94. The Morgan fingerprint density at radius 3 is 2.38 bits per heavy atom. The highest BCUT2D eigenvalue weighted by Crippen LogP contribution is 2.24. The van der Waals surface area contributed by atoms with Gasteiger partial charge in [-0.1, -0.05) is 11.6 Å². The molecule has 0 amide bonds. The zero-order valence-electron chi connectivity index (χ0n) is 6.51. The molecule has 0 fully saturated rings. The lowest BCUT2D eigenvalue weighted by Crippen LogP contribution is -1.97. The van der Waals surface area contributed by atoms with Crippen molar-refractivity contribution in [3.63, 3.8) is 0 Å². The van der Waals surface area contributed by atoms with Crippen molar-refractivity contribution in [2.24, 2.45) is 0 Å². The summed E-state index contributed by atoms with van der Waals surface area (Å²) in [6.07, 6.45) is 0. The largest absolute Gasteiger partial charge is 0.335 e. The smallest absolute Gasteiger partial charge is 0.205 e. The third-order valence-electron chi connectivity index (χ3n) is 1.48. The summed E-state index contributed by atoms with van der Waals surface area (Å²) in [6, 6.07) is 1.62. The Morgan fingerprint density at radius 1 is 1.38 bits per heavy atom. The van der Waals surface area contributed by atoms with Crippen LogP contribution in [0, 0.1) is 12.7 Å². The average molecular weight is 227 g/mol. The Bertz CT molecular complexity index is 442. The fourth-order valence-electron chi connectivity index (χ4n) is 0.818. The van der Waals surface area contributed by atoms with E-state index in [4.69, 9.17) is 11.6 Å². The quantitative estimate of drug-likeness (QED) is 0.690. The second kappa shape index (κ2) is 3.23. The standard InChI is InChI=1S/C7H5ClF2O2S/c1-4-2-7(13(10,11)12)6(9)3-5(4)8/h2-3H,1H3. The predicted molar refractivity (Wildman–Crippen MR) is 44.4 cm³/mol. The molecule has 0 bridgehead atoms. The number of benzene rings is 1. The van der Waals surface area contributed by atoms with Crippen molar-refractivity contribution < 1.29 is 16.7 Å². The molecule has 72 valence electrons. The summed E-state index contributed by atoms with van der Waals surface area (Å²) in [6.45, 7) is 1.45. The molecule has 0 aliphatic heterocycles. The van der Waals surface area contributed by atoms with Crippen LogP contribution in [0.2, 0.25) is 5.02 Å². The second-order valence-electron chi connectivity index (χ2n) is 2.47. The van der Waals surface area contributed by atoms with Crippen molar-refractivity contribution >= 4 is 21.8 Å². The first-order chi connectivity index (χ1) is 5.82. The van der Waals surface area contributed by atoms with E-state index < -0.39 is 20.9 Å². The summed E-state index contributed by atoms with van der Waals surface area (Å²) < 4.78 is 45.9. The van der Waals surface area contributed by atoms with E-state index in [1.807, 2.05) is 0 Å². The maximum atomic E-state index is 12.8. The van der Waals surface area contributed by atoms with Crippen molar-refractivity contribution in [2.75, 3.05) is 0 Å². The zero-order chi connectivity index (χ0) is 10.2. The number of hydrogen-bond donors (Lipinski definition) is 0.